The first-order valence-electron chi connectivity index (χ1n) is 5.19. The van der Waals surface area contributed by atoms with Gasteiger partial charge in [0.1, 0.15) is 17.3 Å². The van der Waals surface area contributed by atoms with Crippen LogP contribution in [0.2, 0.25) is 0 Å². The summed E-state index contributed by atoms with van der Waals surface area (Å²) in [5, 5.41) is 7.23. The molecule has 1 aromatic heterocycles. The average molecular weight is 221 g/mol. The molecule has 1 aliphatic heterocycles. The second kappa shape index (κ2) is 4.44. The number of nitrogens with zero attached hydrogens (tertiary/aromatic N) is 3. The van der Waals surface area contributed by atoms with Gasteiger partial charge in [0.05, 0.1) is 31.6 Å². The molecular weight excluding hydrogens is 206 g/mol. The summed E-state index contributed by atoms with van der Waals surface area (Å²) in [5.74, 6) is 0.745. The second-order valence-corrected chi connectivity index (χ2v) is 3.79. The van der Waals surface area contributed by atoms with Crippen LogP contribution in [0.5, 0.6) is 0 Å². The van der Waals surface area contributed by atoms with Gasteiger partial charge >= 0.3 is 0 Å². The molecule has 6 nitrogen and oxygen atoms in total. The van der Waals surface area contributed by atoms with Crippen molar-refractivity contribution in [3.63, 3.8) is 0 Å². The molecule has 0 amide bonds. The normalized spacial score (nSPS) is 20.8. The Labute approximate surface area is 94.0 Å². The molecule has 0 aromatic carbocycles. The van der Waals surface area contributed by atoms with E-state index in [0.29, 0.717) is 24.9 Å². The van der Waals surface area contributed by atoms with Gasteiger partial charge in [0, 0.05) is 6.54 Å². The lowest BCUT2D eigenvalue weighted by Gasteiger charge is -2.33. The Morgan fingerprint density at radius 3 is 2.94 bits per heavy atom. The first kappa shape index (κ1) is 10.8. The summed E-state index contributed by atoms with van der Waals surface area (Å²) in [4.78, 5) is 10.5. The van der Waals surface area contributed by atoms with Crippen LogP contribution in [0.25, 0.3) is 0 Å². The molecule has 1 aliphatic rings. The molecule has 0 aliphatic carbocycles. The Balaban J connectivity index is 2.17. The van der Waals surface area contributed by atoms with Crippen molar-refractivity contribution in [1.29, 1.82) is 5.41 Å². The maximum atomic E-state index is 7.23. The molecule has 1 aromatic rings. The van der Waals surface area contributed by atoms with Crippen LogP contribution >= 0.6 is 0 Å². The van der Waals surface area contributed by atoms with E-state index < -0.39 is 0 Å². The van der Waals surface area contributed by atoms with E-state index >= 15 is 0 Å². The monoisotopic (exact) mass is 221 g/mol. The Kier molecular flexibility index (Phi) is 3.00. The van der Waals surface area contributed by atoms with Gasteiger partial charge in [-0.1, -0.05) is 0 Å². The lowest BCUT2D eigenvalue weighted by molar-refractivity contribution is 0.0985. The molecule has 16 heavy (non-hydrogen) atoms. The van der Waals surface area contributed by atoms with E-state index in [1.54, 1.807) is 6.20 Å². The summed E-state index contributed by atoms with van der Waals surface area (Å²) in [6.45, 7) is 4.31. The van der Waals surface area contributed by atoms with Gasteiger partial charge in [-0.15, -0.1) is 0 Å². The highest BCUT2D eigenvalue weighted by Crippen LogP contribution is 2.15. The number of hydrogen-bond acceptors (Lipinski definition) is 5. The molecule has 0 spiro atoms. The van der Waals surface area contributed by atoms with E-state index in [-0.39, 0.29) is 5.84 Å². The second-order valence-electron chi connectivity index (χ2n) is 3.79. The first-order valence-corrected chi connectivity index (χ1v) is 5.19. The fourth-order valence-electron chi connectivity index (χ4n) is 1.68. The minimum Gasteiger partial charge on any atom is -0.382 e. The summed E-state index contributed by atoms with van der Waals surface area (Å²) in [6, 6.07) is 0.297. The summed E-state index contributed by atoms with van der Waals surface area (Å²) in [7, 11) is 0. The number of morpholine rings is 1. The quantitative estimate of drug-likeness (QED) is 0.541. The molecule has 6 heteroatoms. The van der Waals surface area contributed by atoms with Crippen LogP contribution in [-0.2, 0) is 4.74 Å². The van der Waals surface area contributed by atoms with Crippen molar-refractivity contribution in [1.82, 2.24) is 9.97 Å². The average Bonchev–Trinajstić information content (AvgIpc) is 2.30. The van der Waals surface area contributed by atoms with Crippen molar-refractivity contribution in [2.24, 2.45) is 5.73 Å². The standard InChI is InChI=1S/C10H15N5O/c1-7-6-16-3-2-15(7)9-5-13-8(4-14-9)10(11)12/h4-5,7H,2-3,6H2,1H3,(H3,11,12). The zero-order valence-electron chi connectivity index (χ0n) is 9.18. The molecule has 0 bridgehead atoms. The fraction of sp³-hybridized carbons (Fsp3) is 0.500. The van der Waals surface area contributed by atoms with Crippen LogP contribution in [0.3, 0.4) is 0 Å². The van der Waals surface area contributed by atoms with Crippen molar-refractivity contribution >= 4 is 11.7 Å². The predicted octanol–water partition coefficient (Wildman–Crippen LogP) is -0.0142. The molecule has 2 rings (SSSR count). The number of anilines is 1. The number of aromatic nitrogens is 2. The van der Waals surface area contributed by atoms with Gasteiger partial charge in [0.15, 0.2) is 0 Å². The molecule has 3 N–H and O–H groups in total. The predicted molar refractivity (Wildman–Crippen MR) is 60.7 cm³/mol. The third-order valence-electron chi connectivity index (χ3n) is 2.58. The largest absolute Gasteiger partial charge is 0.382 e. The lowest BCUT2D eigenvalue weighted by atomic mass is 10.2. The molecule has 1 atom stereocenters. The Morgan fingerprint density at radius 1 is 1.56 bits per heavy atom. The van der Waals surface area contributed by atoms with Crippen LogP contribution in [0.15, 0.2) is 12.4 Å². The molecule has 0 radical (unpaired) electrons. The van der Waals surface area contributed by atoms with Crippen LogP contribution in [0.1, 0.15) is 12.6 Å². The van der Waals surface area contributed by atoms with Gasteiger partial charge in [0.2, 0.25) is 0 Å². The van der Waals surface area contributed by atoms with Gasteiger partial charge < -0.3 is 15.4 Å². The number of nitrogens with two attached hydrogens (primary N) is 1. The summed E-state index contributed by atoms with van der Waals surface area (Å²) in [5.41, 5.74) is 5.72. The molecule has 1 unspecified atom stereocenters. The first-order chi connectivity index (χ1) is 7.68. The Hall–Kier alpha value is -1.69. The van der Waals surface area contributed by atoms with Gasteiger partial charge in [0.25, 0.3) is 0 Å². The number of hydrogen-bond donors (Lipinski definition) is 2. The van der Waals surface area contributed by atoms with Crippen molar-refractivity contribution < 1.29 is 4.74 Å². The van der Waals surface area contributed by atoms with Crippen molar-refractivity contribution in [2.75, 3.05) is 24.7 Å². The zero-order chi connectivity index (χ0) is 11.5. The molecule has 86 valence electrons. The van der Waals surface area contributed by atoms with Crippen LogP contribution in [-0.4, -0.2) is 41.6 Å². The molecule has 2 heterocycles. The highest BCUT2D eigenvalue weighted by molar-refractivity contribution is 5.92. The highest BCUT2D eigenvalue weighted by atomic mass is 16.5. The Morgan fingerprint density at radius 2 is 2.38 bits per heavy atom. The van der Waals surface area contributed by atoms with E-state index in [2.05, 4.69) is 21.8 Å². The van der Waals surface area contributed by atoms with Crippen molar-refractivity contribution in [3.05, 3.63) is 18.1 Å². The topological polar surface area (TPSA) is 88.1 Å². The van der Waals surface area contributed by atoms with Gasteiger partial charge in [-0.2, -0.15) is 0 Å². The van der Waals surface area contributed by atoms with Gasteiger partial charge in [-0.05, 0) is 6.92 Å². The van der Waals surface area contributed by atoms with E-state index in [1.165, 1.54) is 6.20 Å². The molecular formula is C10H15N5O. The van der Waals surface area contributed by atoms with Crippen LogP contribution in [0.4, 0.5) is 5.82 Å². The van der Waals surface area contributed by atoms with E-state index in [9.17, 15) is 0 Å². The summed E-state index contributed by atoms with van der Waals surface area (Å²) >= 11 is 0. The third-order valence-corrected chi connectivity index (χ3v) is 2.58. The lowest BCUT2D eigenvalue weighted by Crippen LogP contribution is -2.44. The maximum absolute atomic E-state index is 7.23. The number of nitrogens with one attached hydrogen (secondary N) is 1. The van der Waals surface area contributed by atoms with Crippen molar-refractivity contribution in [2.45, 2.75) is 13.0 Å². The zero-order valence-corrected chi connectivity index (χ0v) is 9.18. The third kappa shape index (κ3) is 2.11. The number of amidine groups is 1. The smallest absolute Gasteiger partial charge is 0.147 e. The van der Waals surface area contributed by atoms with Crippen LogP contribution < -0.4 is 10.6 Å². The van der Waals surface area contributed by atoms with Gasteiger partial charge in [-0.25, -0.2) is 9.97 Å². The number of nitrogen functional groups attached to an aromatic ring is 1. The number of ether oxygens (including phenoxy) is 1. The minimum atomic E-state index is -0.0610. The molecule has 1 saturated heterocycles. The minimum absolute atomic E-state index is 0.0610. The van der Waals surface area contributed by atoms with Crippen molar-refractivity contribution in [3.8, 4) is 0 Å². The summed E-state index contributed by atoms with van der Waals surface area (Å²) in [6.07, 6.45) is 3.18. The van der Waals surface area contributed by atoms with E-state index in [0.717, 1.165) is 12.4 Å². The SMILES string of the molecule is CC1COCCN1c1cnc(C(=N)N)cn1. The van der Waals surface area contributed by atoms with E-state index in [1.807, 2.05) is 0 Å². The Bertz CT molecular complexity index is 377. The highest BCUT2D eigenvalue weighted by Gasteiger charge is 2.20. The van der Waals surface area contributed by atoms with Crippen LogP contribution in [0, 0.1) is 5.41 Å². The molecule has 0 saturated carbocycles. The number of rotatable bonds is 2. The van der Waals surface area contributed by atoms with Gasteiger partial charge in [-0.3, -0.25) is 5.41 Å². The van der Waals surface area contributed by atoms with E-state index in [4.69, 9.17) is 15.9 Å². The maximum Gasteiger partial charge on any atom is 0.147 e. The summed E-state index contributed by atoms with van der Waals surface area (Å²) < 4.78 is 5.35. The molecule has 1 fully saturated rings. The fourth-order valence-corrected chi connectivity index (χ4v) is 1.68.